The summed E-state index contributed by atoms with van der Waals surface area (Å²) < 4.78 is 17.1. The minimum absolute atomic E-state index is 0.150. The van der Waals surface area contributed by atoms with Crippen LogP contribution in [0.1, 0.15) is 44.2 Å². The Balaban J connectivity index is 2.43. The number of rotatable bonds is 5. The lowest BCUT2D eigenvalue weighted by Crippen LogP contribution is -2.27. The third-order valence-electron chi connectivity index (χ3n) is 4.21. The Morgan fingerprint density at radius 2 is 1.95 bits per heavy atom. The van der Waals surface area contributed by atoms with Crippen molar-refractivity contribution in [1.29, 1.82) is 0 Å². The predicted molar refractivity (Wildman–Crippen MR) is 85.7 cm³/mol. The van der Waals surface area contributed by atoms with Gasteiger partial charge in [-0.15, -0.1) is 11.6 Å². The molecule has 0 aliphatic carbocycles. The van der Waals surface area contributed by atoms with Crippen LogP contribution in [-0.2, 0) is 16.8 Å². The van der Waals surface area contributed by atoms with Gasteiger partial charge in [0.05, 0.1) is 19.8 Å². The molecule has 4 heteroatoms. The van der Waals surface area contributed by atoms with Gasteiger partial charge >= 0.3 is 0 Å². The van der Waals surface area contributed by atoms with Gasteiger partial charge in [-0.2, -0.15) is 0 Å². The summed E-state index contributed by atoms with van der Waals surface area (Å²) in [5.74, 6) is 1.54. The maximum atomic E-state index is 6.19. The number of fused-ring (bicyclic) bond motifs is 1. The Bertz CT molecular complexity index is 487. The van der Waals surface area contributed by atoms with E-state index in [0.717, 1.165) is 43.8 Å². The van der Waals surface area contributed by atoms with Crippen molar-refractivity contribution in [2.75, 3.05) is 20.8 Å². The van der Waals surface area contributed by atoms with Crippen molar-refractivity contribution >= 4 is 11.6 Å². The summed E-state index contributed by atoms with van der Waals surface area (Å²) in [7, 11) is 3.34. The number of ether oxygens (including phenoxy) is 3. The van der Waals surface area contributed by atoms with Gasteiger partial charge in [0.25, 0.3) is 0 Å². The van der Waals surface area contributed by atoms with E-state index in [1.165, 1.54) is 11.1 Å². The van der Waals surface area contributed by atoms with Gasteiger partial charge in [-0.25, -0.2) is 0 Å². The summed E-state index contributed by atoms with van der Waals surface area (Å²) in [5, 5.41) is 0.150. The summed E-state index contributed by atoms with van der Waals surface area (Å²) in [5.41, 5.74) is 2.18. The molecule has 0 aromatic heterocycles. The fourth-order valence-corrected chi connectivity index (χ4v) is 3.05. The van der Waals surface area contributed by atoms with Crippen LogP contribution in [0.3, 0.4) is 0 Å². The lowest BCUT2D eigenvalue weighted by molar-refractivity contribution is -0.0404. The summed E-state index contributed by atoms with van der Waals surface area (Å²) in [4.78, 5) is 0. The average Bonchev–Trinajstić information content (AvgIpc) is 2.63. The van der Waals surface area contributed by atoms with Crippen LogP contribution in [0.4, 0.5) is 0 Å². The molecule has 2 unspecified atom stereocenters. The average molecular weight is 313 g/mol. The van der Waals surface area contributed by atoms with Crippen LogP contribution in [0.2, 0.25) is 0 Å². The SMILES string of the molecule is COc1cc2c(cc1OC)C(C)(CCC(C)Cl)OCCC2. The van der Waals surface area contributed by atoms with E-state index >= 15 is 0 Å². The number of halogens is 1. The van der Waals surface area contributed by atoms with Gasteiger partial charge in [0.15, 0.2) is 11.5 Å². The zero-order valence-corrected chi connectivity index (χ0v) is 14.1. The molecule has 0 amide bonds. The molecule has 0 N–H and O–H groups in total. The second-order valence-electron chi connectivity index (χ2n) is 5.87. The van der Waals surface area contributed by atoms with E-state index in [1.54, 1.807) is 14.2 Å². The van der Waals surface area contributed by atoms with Gasteiger partial charge in [-0.1, -0.05) is 0 Å². The zero-order valence-electron chi connectivity index (χ0n) is 13.4. The largest absolute Gasteiger partial charge is 0.493 e. The molecule has 0 spiro atoms. The fourth-order valence-electron chi connectivity index (χ4n) is 2.94. The molecular weight excluding hydrogens is 288 g/mol. The van der Waals surface area contributed by atoms with Crippen LogP contribution in [0.25, 0.3) is 0 Å². The van der Waals surface area contributed by atoms with E-state index in [0.29, 0.717) is 0 Å². The monoisotopic (exact) mass is 312 g/mol. The first kappa shape index (κ1) is 16.4. The van der Waals surface area contributed by atoms with Crippen LogP contribution >= 0.6 is 11.6 Å². The number of hydrogen-bond donors (Lipinski definition) is 0. The van der Waals surface area contributed by atoms with Crippen molar-refractivity contribution in [3.8, 4) is 11.5 Å². The molecule has 0 saturated heterocycles. The first-order chi connectivity index (χ1) is 10.00. The number of hydrogen-bond acceptors (Lipinski definition) is 3. The lowest BCUT2D eigenvalue weighted by atomic mass is 9.86. The third-order valence-corrected chi connectivity index (χ3v) is 4.43. The Kier molecular flexibility index (Phi) is 5.39. The highest BCUT2D eigenvalue weighted by atomic mass is 35.5. The summed E-state index contributed by atoms with van der Waals surface area (Å²) in [6, 6.07) is 4.16. The molecule has 2 rings (SSSR count). The molecule has 0 saturated carbocycles. The maximum Gasteiger partial charge on any atom is 0.161 e. The zero-order chi connectivity index (χ0) is 15.5. The van der Waals surface area contributed by atoms with Crippen LogP contribution in [0.5, 0.6) is 11.5 Å². The highest BCUT2D eigenvalue weighted by Crippen LogP contribution is 2.41. The Labute approximate surface area is 132 Å². The molecule has 21 heavy (non-hydrogen) atoms. The van der Waals surface area contributed by atoms with E-state index in [4.69, 9.17) is 25.8 Å². The third kappa shape index (κ3) is 3.64. The second kappa shape index (κ2) is 6.89. The topological polar surface area (TPSA) is 27.7 Å². The van der Waals surface area contributed by atoms with Crippen LogP contribution in [-0.4, -0.2) is 26.2 Å². The number of methoxy groups -OCH3 is 2. The first-order valence-corrected chi connectivity index (χ1v) is 7.97. The van der Waals surface area contributed by atoms with Gasteiger partial charge in [-0.05, 0) is 62.8 Å². The first-order valence-electron chi connectivity index (χ1n) is 7.53. The highest BCUT2D eigenvalue weighted by molar-refractivity contribution is 6.20. The van der Waals surface area contributed by atoms with Gasteiger partial charge in [0, 0.05) is 12.0 Å². The van der Waals surface area contributed by atoms with Crippen molar-refractivity contribution < 1.29 is 14.2 Å². The van der Waals surface area contributed by atoms with E-state index in [2.05, 4.69) is 19.1 Å². The summed E-state index contributed by atoms with van der Waals surface area (Å²) >= 11 is 6.13. The van der Waals surface area contributed by atoms with Gasteiger partial charge in [-0.3, -0.25) is 0 Å². The number of alkyl halides is 1. The molecule has 1 aliphatic heterocycles. The normalized spacial score (nSPS) is 23.1. The molecule has 1 heterocycles. The second-order valence-corrected chi connectivity index (χ2v) is 6.61. The fraction of sp³-hybridized carbons (Fsp3) is 0.647. The lowest BCUT2D eigenvalue weighted by Gasteiger charge is -2.31. The van der Waals surface area contributed by atoms with Gasteiger partial charge in [0.2, 0.25) is 0 Å². The molecule has 118 valence electrons. The Morgan fingerprint density at radius 3 is 2.57 bits per heavy atom. The maximum absolute atomic E-state index is 6.19. The molecule has 1 aromatic rings. The van der Waals surface area contributed by atoms with Crippen molar-refractivity contribution in [2.45, 2.75) is 50.5 Å². The molecule has 3 nitrogen and oxygen atoms in total. The summed E-state index contributed by atoms with van der Waals surface area (Å²) in [6.07, 6.45) is 3.85. The minimum atomic E-state index is -0.311. The molecule has 0 radical (unpaired) electrons. The molecule has 1 aromatic carbocycles. The quantitative estimate of drug-likeness (QED) is 0.759. The molecule has 1 aliphatic rings. The van der Waals surface area contributed by atoms with Crippen LogP contribution in [0.15, 0.2) is 12.1 Å². The van der Waals surface area contributed by atoms with Crippen molar-refractivity contribution in [2.24, 2.45) is 0 Å². The van der Waals surface area contributed by atoms with Crippen molar-refractivity contribution in [1.82, 2.24) is 0 Å². The molecule has 2 atom stereocenters. The standard InChI is InChI=1S/C17H25ClO3/c1-12(18)7-8-17(2)14-11-16(20-4)15(19-3)10-13(14)6-5-9-21-17/h10-12H,5-9H2,1-4H3. The van der Waals surface area contributed by atoms with Gasteiger partial charge in [0.1, 0.15) is 0 Å². The summed E-state index contributed by atoms with van der Waals surface area (Å²) in [6.45, 7) is 4.95. The Hall–Kier alpha value is -0.930. The van der Waals surface area contributed by atoms with Crippen molar-refractivity contribution in [3.05, 3.63) is 23.3 Å². The Morgan fingerprint density at radius 1 is 1.29 bits per heavy atom. The molecule has 0 fully saturated rings. The van der Waals surface area contributed by atoms with E-state index in [1.807, 2.05) is 6.92 Å². The number of benzene rings is 1. The molecule has 0 bridgehead atoms. The van der Waals surface area contributed by atoms with Crippen molar-refractivity contribution in [3.63, 3.8) is 0 Å². The smallest absolute Gasteiger partial charge is 0.161 e. The minimum Gasteiger partial charge on any atom is -0.493 e. The highest BCUT2D eigenvalue weighted by Gasteiger charge is 2.33. The van der Waals surface area contributed by atoms with Crippen LogP contribution in [0, 0.1) is 0 Å². The van der Waals surface area contributed by atoms with E-state index in [-0.39, 0.29) is 11.0 Å². The van der Waals surface area contributed by atoms with E-state index < -0.39 is 0 Å². The van der Waals surface area contributed by atoms with Crippen LogP contribution < -0.4 is 9.47 Å². The number of aryl methyl sites for hydroxylation is 1. The predicted octanol–water partition coefficient (Wildman–Crippen LogP) is 4.29. The molecular formula is C17H25ClO3. The van der Waals surface area contributed by atoms with Gasteiger partial charge < -0.3 is 14.2 Å². The van der Waals surface area contributed by atoms with E-state index in [9.17, 15) is 0 Å².